The van der Waals surface area contributed by atoms with Gasteiger partial charge in [-0.15, -0.1) is 0 Å². The standard InChI is InChI=1S/C12H23N5/c1-5-14-10-7-11(17-12(13)16-10)15-9(4)6-8(2)3/h7-9H,5-6H2,1-4H3,(H4,13,14,15,16,17). The van der Waals surface area contributed by atoms with Crippen LogP contribution < -0.4 is 16.4 Å². The van der Waals surface area contributed by atoms with Gasteiger partial charge in [0.05, 0.1) is 0 Å². The molecule has 0 amide bonds. The fraction of sp³-hybridized carbons (Fsp3) is 0.667. The zero-order valence-corrected chi connectivity index (χ0v) is 11.1. The monoisotopic (exact) mass is 237 g/mol. The molecule has 0 aromatic carbocycles. The van der Waals surface area contributed by atoms with E-state index < -0.39 is 0 Å². The van der Waals surface area contributed by atoms with Gasteiger partial charge < -0.3 is 16.4 Å². The van der Waals surface area contributed by atoms with Gasteiger partial charge in [0.25, 0.3) is 0 Å². The Balaban J connectivity index is 2.69. The molecule has 0 aliphatic carbocycles. The molecule has 0 aliphatic heterocycles. The molecule has 1 unspecified atom stereocenters. The SMILES string of the molecule is CCNc1cc(NC(C)CC(C)C)nc(N)n1. The lowest BCUT2D eigenvalue weighted by atomic mass is 10.1. The predicted molar refractivity (Wildman–Crippen MR) is 73.1 cm³/mol. The molecule has 4 N–H and O–H groups in total. The fourth-order valence-corrected chi connectivity index (χ4v) is 1.83. The van der Waals surface area contributed by atoms with E-state index in [0.29, 0.717) is 17.9 Å². The van der Waals surface area contributed by atoms with Crippen LogP contribution in [0, 0.1) is 5.92 Å². The van der Waals surface area contributed by atoms with E-state index in [1.165, 1.54) is 0 Å². The van der Waals surface area contributed by atoms with E-state index in [9.17, 15) is 0 Å². The maximum absolute atomic E-state index is 5.66. The van der Waals surface area contributed by atoms with Crippen molar-refractivity contribution in [1.29, 1.82) is 0 Å². The van der Waals surface area contributed by atoms with E-state index in [-0.39, 0.29) is 0 Å². The topological polar surface area (TPSA) is 75.9 Å². The molecule has 17 heavy (non-hydrogen) atoms. The third kappa shape index (κ3) is 4.89. The van der Waals surface area contributed by atoms with Crippen LogP contribution in [0.5, 0.6) is 0 Å². The second-order valence-electron chi connectivity index (χ2n) is 4.70. The van der Waals surface area contributed by atoms with E-state index in [1.54, 1.807) is 0 Å². The van der Waals surface area contributed by atoms with Gasteiger partial charge in [0.15, 0.2) is 0 Å². The Bertz CT molecular complexity index is 351. The molecule has 1 aromatic rings. The molecular weight excluding hydrogens is 214 g/mol. The lowest BCUT2D eigenvalue weighted by molar-refractivity contribution is 0.539. The summed E-state index contributed by atoms with van der Waals surface area (Å²) in [6.07, 6.45) is 1.10. The van der Waals surface area contributed by atoms with Gasteiger partial charge in [-0.2, -0.15) is 9.97 Å². The molecule has 5 nitrogen and oxygen atoms in total. The summed E-state index contributed by atoms with van der Waals surface area (Å²) in [5.41, 5.74) is 5.66. The Hall–Kier alpha value is -1.52. The van der Waals surface area contributed by atoms with Crippen LogP contribution in [0.1, 0.15) is 34.1 Å². The third-order valence-electron chi connectivity index (χ3n) is 2.32. The van der Waals surface area contributed by atoms with E-state index in [4.69, 9.17) is 5.73 Å². The van der Waals surface area contributed by atoms with Crippen molar-refractivity contribution in [1.82, 2.24) is 9.97 Å². The van der Waals surface area contributed by atoms with Gasteiger partial charge in [-0.25, -0.2) is 0 Å². The number of hydrogen-bond donors (Lipinski definition) is 3. The van der Waals surface area contributed by atoms with Crippen LogP contribution in [0.15, 0.2) is 6.07 Å². The molecule has 1 heterocycles. The van der Waals surface area contributed by atoms with Crippen molar-refractivity contribution in [2.24, 2.45) is 5.92 Å². The first-order chi connectivity index (χ1) is 8.01. The second kappa shape index (κ2) is 6.27. The van der Waals surface area contributed by atoms with Crippen molar-refractivity contribution in [3.05, 3.63) is 6.07 Å². The third-order valence-corrected chi connectivity index (χ3v) is 2.32. The molecule has 5 heteroatoms. The summed E-state index contributed by atoms with van der Waals surface area (Å²) in [6.45, 7) is 9.39. The summed E-state index contributed by atoms with van der Waals surface area (Å²) in [4.78, 5) is 8.29. The smallest absolute Gasteiger partial charge is 0.223 e. The van der Waals surface area contributed by atoms with Crippen molar-refractivity contribution in [2.75, 3.05) is 22.9 Å². The minimum absolute atomic E-state index is 0.294. The molecule has 0 radical (unpaired) electrons. The van der Waals surface area contributed by atoms with Crippen LogP contribution in [0.3, 0.4) is 0 Å². The van der Waals surface area contributed by atoms with Crippen molar-refractivity contribution >= 4 is 17.6 Å². The maximum atomic E-state index is 5.66. The second-order valence-corrected chi connectivity index (χ2v) is 4.70. The fourth-order valence-electron chi connectivity index (χ4n) is 1.83. The van der Waals surface area contributed by atoms with Crippen LogP contribution in [0.4, 0.5) is 17.6 Å². The molecule has 0 saturated heterocycles. The summed E-state index contributed by atoms with van der Waals surface area (Å²) in [7, 11) is 0. The Kier molecular flexibility index (Phi) is 5.00. The van der Waals surface area contributed by atoms with Crippen LogP contribution in [-0.4, -0.2) is 22.6 Å². The van der Waals surface area contributed by atoms with Crippen LogP contribution >= 0.6 is 0 Å². The van der Waals surface area contributed by atoms with Crippen LogP contribution in [0.2, 0.25) is 0 Å². The summed E-state index contributed by atoms with van der Waals surface area (Å²) in [5.74, 6) is 2.49. The quantitative estimate of drug-likeness (QED) is 0.708. The number of anilines is 3. The number of aromatic nitrogens is 2. The zero-order valence-electron chi connectivity index (χ0n) is 11.1. The number of nitrogens with two attached hydrogens (primary N) is 1. The highest BCUT2D eigenvalue weighted by molar-refractivity contribution is 5.51. The summed E-state index contributed by atoms with van der Waals surface area (Å²) < 4.78 is 0. The van der Waals surface area contributed by atoms with Gasteiger partial charge in [0.2, 0.25) is 5.95 Å². The van der Waals surface area contributed by atoms with Gasteiger partial charge in [-0.3, -0.25) is 0 Å². The van der Waals surface area contributed by atoms with E-state index >= 15 is 0 Å². The van der Waals surface area contributed by atoms with E-state index in [1.807, 2.05) is 13.0 Å². The molecule has 0 aliphatic rings. The highest BCUT2D eigenvalue weighted by atomic mass is 15.1. The predicted octanol–water partition coefficient (Wildman–Crippen LogP) is 2.34. The largest absolute Gasteiger partial charge is 0.370 e. The number of rotatable bonds is 6. The Labute approximate surface area is 103 Å². The number of nitrogens with one attached hydrogen (secondary N) is 2. The molecule has 0 fully saturated rings. The normalized spacial score (nSPS) is 12.5. The first-order valence-corrected chi connectivity index (χ1v) is 6.16. The minimum atomic E-state index is 0.294. The maximum Gasteiger partial charge on any atom is 0.223 e. The Morgan fingerprint density at radius 3 is 2.47 bits per heavy atom. The summed E-state index contributed by atoms with van der Waals surface area (Å²) in [6, 6.07) is 2.26. The van der Waals surface area contributed by atoms with Gasteiger partial charge in [0, 0.05) is 18.7 Å². The summed E-state index contributed by atoms with van der Waals surface area (Å²) in [5, 5.41) is 6.47. The number of nitrogen functional groups attached to an aromatic ring is 1. The van der Waals surface area contributed by atoms with Gasteiger partial charge in [-0.05, 0) is 26.2 Å². The van der Waals surface area contributed by atoms with E-state index in [2.05, 4.69) is 41.4 Å². The number of hydrogen-bond acceptors (Lipinski definition) is 5. The molecule has 96 valence electrons. The molecule has 0 saturated carbocycles. The van der Waals surface area contributed by atoms with Crippen molar-refractivity contribution in [3.63, 3.8) is 0 Å². The molecule has 0 spiro atoms. The zero-order chi connectivity index (χ0) is 12.8. The molecule has 1 atom stereocenters. The molecule has 1 rings (SSSR count). The van der Waals surface area contributed by atoms with Gasteiger partial charge >= 0.3 is 0 Å². The summed E-state index contributed by atoms with van der Waals surface area (Å²) >= 11 is 0. The van der Waals surface area contributed by atoms with Crippen molar-refractivity contribution in [2.45, 2.75) is 40.2 Å². The molecule has 1 aromatic heterocycles. The first-order valence-electron chi connectivity index (χ1n) is 6.16. The highest BCUT2D eigenvalue weighted by Gasteiger charge is 2.07. The van der Waals surface area contributed by atoms with Gasteiger partial charge in [0.1, 0.15) is 11.6 Å². The first kappa shape index (κ1) is 13.5. The minimum Gasteiger partial charge on any atom is -0.370 e. The lowest BCUT2D eigenvalue weighted by Crippen LogP contribution is -2.19. The average Bonchev–Trinajstić information content (AvgIpc) is 2.14. The molecular formula is C12H23N5. The Morgan fingerprint density at radius 2 is 1.88 bits per heavy atom. The van der Waals surface area contributed by atoms with Crippen LogP contribution in [0.25, 0.3) is 0 Å². The molecule has 0 bridgehead atoms. The van der Waals surface area contributed by atoms with E-state index in [0.717, 1.165) is 24.6 Å². The van der Waals surface area contributed by atoms with Gasteiger partial charge in [-0.1, -0.05) is 13.8 Å². The average molecular weight is 237 g/mol. The van der Waals surface area contributed by atoms with Crippen LogP contribution in [-0.2, 0) is 0 Å². The highest BCUT2D eigenvalue weighted by Crippen LogP contribution is 2.15. The Morgan fingerprint density at radius 1 is 1.24 bits per heavy atom. The van der Waals surface area contributed by atoms with Crippen molar-refractivity contribution in [3.8, 4) is 0 Å². The van der Waals surface area contributed by atoms with Crippen molar-refractivity contribution < 1.29 is 0 Å². The lowest BCUT2D eigenvalue weighted by Gasteiger charge is -2.17. The number of nitrogens with zero attached hydrogens (tertiary/aromatic N) is 2.